The Morgan fingerprint density at radius 2 is 1.90 bits per heavy atom. The average molecular weight is 293 g/mol. The Morgan fingerprint density at radius 3 is 2.52 bits per heavy atom. The predicted molar refractivity (Wildman–Crippen MR) is 70.2 cm³/mol. The lowest BCUT2D eigenvalue weighted by Crippen LogP contribution is -2.20. The van der Waals surface area contributed by atoms with Gasteiger partial charge in [0.1, 0.15) is 11.6 Å². The number of urea groups is 1. The number of amides is 2. The Kier molecular flexibility index (Phi) is 4.07. The third-order valence-electron chi connectivity index (χ3n) is 2.45. The van der Waals surface area contributed by atoms with Gasteiger partial charge < -0.3 is 15.7 Å². The Morgan fingerprint density at radius 1 is 1.14 bits per heavy atom. The number of nitrogens with one attached hydrogen (secondary N) is 2. The van der Waals surface area contributed by atoms with Crippen molar-refractivity contribution in [3.05, 3.63) is 53.9 Å². The van der Waals surface area contributed by atoms with Crippen molar-refractivity contribution in [2.24, 2.45) is 0 Å². The summed E-state index contributed by atoms with van der Waals surface area (Å²) in [5, 5.41) is 13.2. The number of nitrogens with zero attached hydrogens (tertiary/aromatic N) is 1. The fourth-order valence-electron chi connectivity index (χ4n) is 1.53. The summed E-state index contributed by atoms with van der Waals surface area (Å²) in [5.41, 5.74) is -0.834. The summed E-state index contributed by atoms with van der Waals surface area (Å²) in [6, 6.07) is 3.41. The highest BCUT2D eigenvalue weighted by Gasteiger charge is 2.16. The molecule has 2 amide bonds. The molecule has 2 aromatic rings. The second kappa shape index (κ2) is 5.95. The van der Waals surface area contributed by atoms with E-state index in [1.165, 1.54) is 12.4 Å². The van der Waals surface area contributed by atoms with E-state index in [1.807, 2.05) is 0 Å². The maximum Gasteiger partial charge on any atom is 0.338 e. The van der Waals surface area contributed by atoms with Crippen LogP contribution in [0.2, 0.25) is 0 Å². The van der Waals surface area contributed by atoms with E-state index in [0.29, 0.717) is 17.8 Å². The number of anilines is 2. The third-order valence-corrected chi connectivity index (χ3v) is 2.45. The van der Waals surface area contributed by atoms with Crippen LogP contribution in [0.3, 0.4) is 0 Å². The highest BCUT2D eigenvalue weighted by molar-refractivity contribution is 6.00. The van der Waals surface area contributed by atoms with Crippen LogP contribution in [-0.2, 0) is 0 Å². The number of carbonyl (C=O) groups is 2. The second-order valence-electron chi connectivity index (χ2n) is 3.94. The molecule has 0 saturated heterocycles. The molecule has 2 rings (SSSR count). The van der Waals surface area contributed by atoms with Gasteiger partial charge in [-0.15, -0.1) is 0 Å². The van der Waals surface area contributed by atoms with E-state index in [4.69, 9.17) is 5.11 Å². The highest BCUT2D eigenvalue weighted by Crippen LogP contribution is 2.20. The van der Waals surface area contributed by atoms with E-state index < -0.39 is 34.9 Å². The second-order valence-corrected chi connectivity index (χ2v) is 3.94. The van der Waals surface area contributed by atoms with Crippen LogP contribution >= 0.6 is 0 Å². The Labute approximate surface area is 117 Å². The molecule has 108 valence electrons. The molecule has 0 fully saturated rings. The van der Waals surface area contributed by atoms with Gasteiger partial charge in [0.2, 0.25) is 0 Å². The van der Waals surface area contributed by atoms with Crippen LogP contribution in [0.15, 0.2) is 36.7 Å². The number of hydrogen-bond acceptors (Lipinski definition) is 3. The molecule has 8 heteroatoms. The normalized spacial score (nSPS) is 10.0. The van der Waals surface area contributed by atoms with Gasteiger partial charge in [-0.05, 0) is 18.2 Å². The SMILES string of the molecule is O=C(Nc1cccnc1)Nc1cc(C(=O)O)c(F)cc1F. The van der Waals surface area contributed by atoms with Gasteiger partial charge in [0, 0.05) is 12.3 Å². The number of carboxylic acid groups (broad SMARTS) is 1. The fraction of sp³-hybridized carbons (Fsp3) is 0. The number of carbonyl (C=O) groups excluding carboxylic acids is 1. The maximum absolute atomic E-state index is 13.5. The summed E-state index contributed by atoms with van der Waals surface area (Å²) in [6.07, 6.45) is 2.87. The van der Waals surface area contributed by atoms with Crippen LogP contribution in [-0.4, -0.2) is 22.1 Å². The molecule has 0 radical (unpaired) electrons. The molecule has 6 nitrogen and oxygen atoms in total. The first-order valence-corrected chi connectivity index (χ1v) is 5.67. The van der Waals surface area contributed by atoms with Gasteiger partial charge in [0.25, 0.3) is 0 Å². The van der Waals surface area contributed by atoms with Crippen molar-refractivity contribution in [3.63, 3.8) is 0 Å². The largest absolute Gasteiger partial charge is 0.478 e. The van der Waals surface area contributed by atoms with Crippen molar-refractivity contribution in [1.82, 2.24) is 4.98 Å². The minimum absolute atomic E-state index is 0.357. The number of hydrogen-bond donors (Lipinski definition) is 3. The zero-order valence-electron chi connectivity index (χ0n) is 10.4. The maximum atomic E-state index is 13.5. The molecular formula is C13H9F2N3O3. The first kappa shape index (κ1) is 14.4. The van der Waals surface area contributed by atoms with E-state index in [1.54, 1.807) is 12.1 Å². The van der Waals surface area contributed by atoms with Gasteiger partial charge in [0.15, 0.2) is 0 Å². The zero-order chi connectivity index (χ0) is 15.4. The van der Waals surface area contributed by atoms with Gasteiger partial charge in [-0.3, -0.25) is 4.98 Å². The van der Waals surface area contributed by atoms with Crippen molar-refractivity contribution < 1.29 is 23.5 Å². The lowest BCUT2D eigenvalue weighted by Gasteiger charge is -2.09. The van der Waals surface area contributed by atoms with Crippen LogP contribution in [0.5, 0.6) is 0 Å². The topological polar surface area (TPSA) is 91.3 Å². The average Bonchev–Trinajstić information content (AvgIpc) is 2.42. The predicted octanol–water partition coefficient (Wildman–Crippen LogP) is 2.70. The first-order chi connectivity index (χ1) is 9.97. The van der Waals surface area contributed by atoms with E-state index in [9.17, 15) is 18.4 Å². The van der Waals surface area contributed by atoms with Crippen molar-refractivity contribution in [3.8, 4) is 0 Å². The number of pyridine rings is 1. The number of carboxylic acids is 1. The summed E-state index contributed by atoms with van der Waals surface area (Å²) in [4.78, 5) is 26.2. The number of benzene rings is 1. The van der Waals surface area contributed by atoms with Crippen molar-refractivity contribution in [2.45, 2.75) is 0 Å². The molecular weight excluding hydrogens is 284 g/mol. The van der Waals surface area contributed by atoms with E-state index >= 15 is 0 Å². The summed E-state index contributed by atoms with van der Waals surface area (Å²) in [7, 11) is 0. The van der Waals surface area contributed by atoms with E-state index in [2.05, 4.69) is 15.6 Å². The molecule has 0 saturated carbocycles. The van der Waals surface area contributed by atoms with Gasteiger partial charge in [-0.25, -0.2) is 18.4 Å². The minimum Gasteiger partial charge on any atom is -0.478 e. The number of halogens is 2. The highest BCUT2D eigenvalue weighted by atomic mass is 19.1. The Hall–Kier alpha value is -3.03. The molecule has 1 aromatic carbocycles. The molecule has 0 bridgehead atoms. The number of aromatic nitrogens is 1. The van der Waals surface area contributed by atoms with Crippen molar-refractivity contribution in [2.75, 3.05) is 10.6 Å². The van der Waals surface area contributed by atoms with E-state index in [0.717, 1.165) is 0 Å². The van der Waals surface area contributed by atoms with E-state index in [-0.39, 0.29) is 0 Å². The molecule has 0 unspecified atom stereocenters. The summed E-state index contributed by atoms with van der Waals surface area (Å²) in [6.45, 7) is 0. The molecule has 0 spiro atoms. The van der Waals surface area contributed by atoms with Gasteiger partial charge in [0.05, 0.1) is 23.1 Å². The molecule has 0 aliphatic rings. The minimum atomic E-state index is -1.57. The van der Waals surface area contributed by atoms with Crippen LogP contribution < -0.4 is 10.6 Å². The molecule has 1 aromatic heterocycles. The van der Waals surface area contributed by atoms with Crippen LogP contribution in [0.1, 0.15) is 10.4 Å². The summed E-state index contributed by atoms with van der Waals surface area (Å²) in [5.74, 6) is -3.87. The molecule has 0 aliphatic carbocycles. The molecule has 21 heavy (non-hydrogen) atoms. The van der Waals surface area contributed by atoms with Crippen LogP contribution in [0, 0.1) is 11.6 Å². The quantitative estimate of drug-likeness (QED) is 0.811. The zero-order valence-corrected chi connectivity index (χ0v) is 10.4. The molecule has 0 aliphatic heterocycles. The first-order valence-electron chi connectivity index (χ1n) is 5.67. The van der Waals surface area contributed by atoms with Crippen molar-refractivity contribution >= 4 is 23.4 Å². The molecule has 3 N–H and O–H groups in total. The summed E-state index contributed by atoms with van der Waals surface area (Å²) < 4.78 is 26.7. The standard InChI is InChI=1S/C13H9F2N3O3/c14-9-5-10(15)11(4-8(9)12(19)20)18-13(21)17-7-2-1-3-16-6-7/h1-6H,(H,19,20)(H2,17,18,21). The molecule has 1 heterocycles. The number of rotatable bonds is 3. The number of aromatic carboxylic acids is 1. The van der Waals surface area contributed by atoms with Crippen molar-refractivity contribution in [1.29, 1.82) is 0 Å². The lowest BCUT2D eigenvalue weighted by atomic mass is 10.2. The monoisotopic (exact) mass is 293 g/mol. The van der Waals surface area contributed by atoms with Crippen LogP contribution in [0.4, 0.5) is 25.0 Å². The van der Waals surface area contributed by atoms with Crippen LogP contribution in [0.25, 0.3) is 0 Å². The third kappa shape index (κ3) is 3.50. The molecule has 0 atom stereocenters. The Bertz CT molecular complexity index is 693. The van der Waals surface area contributed by atoms with Gasteiger partial charge >= 0.3 is 12.0 Å². The van der Waals surface area contributed by atoms with Gasteiger partial charge in [-0.1, -0.05) is 0 Å². The van der Waals surface area contributed by atoms with Gasteiger partial charge in [-0.2, -0.15) is 0 Å². The lowest BCUT2D eigenvalue weighted by molar-refractivity contribution is 0.0692. The fourth-order valence-corrected chi connectivity index (χ4v) is 1.53. The Balaban J connectivity index is 2.17. The smallest absolute Gasteiger partial charge is 0.338 e. The summed E-state index contributed by atoms with van der Waals surface area (Å²) >= 11 is 0.